The van der Waals surface area contributed by atoms with Crippen LogP contribution in [-0.2, 0) is 32.7 Å². The number of carbonyl (C=O) groups is 2. The summed E-state index contributed by atoms with van der Waals surface area (Å²) in [5.41, 5.74) is 5.32. The Bertz CT molecular complexity index is 1330. The molecule has 0 saturated carbocycles. The highest BCUT2D eigenvalue weighted by atomic mass is 31.2. The number of allylic oxidation sites excluding steroid dienone is 15. The first kappa shape index (κ1) is 53.6. The molecule has 0 amide bonds. The average Bonchev–Trinajstić information content (AvgIpc) is 3.19. The summed E-state index contributed by atoms with van der Waals surface area (Å²) in [6, 6.07) is 0. The summed E-state index contributed by atoms with van der Waals surface area (Å²) >= 11 is 0. The van der Waals surface area contributed by atoms with Crippen LogP contribution in [0.15, 0.2) is 109 Å². The van der Waals surface area contributed by atoms with E-state index in [-0.39, 0.29) is 32.6 Å². The van der Waals surface area contributed by atoms with Crippen LogP contribution in [0.1, 0.15) is 117 Å². The van der Waals surface area contributed by atoms with Gasteiger partial charge in [-0.3, -0.25) is 18.6 Å². The van der Waals surface area contributed by atoms with Gasteiger partial charge in [0.15, 0.2) is 6.10 Å². The SMILES string of the molecule is CC/C=C\C/C=C\C/C=C\C/C=C\C/C=C\CCCC(=O)O[C@H](COC(=O)CCC[C@H](O)\C=C/C=C/C=C/[C@H](O)C/C=C\CCCCC)COP(=O)(O)OCCN. The number of unbranched alkanes of at least 4 members (excludes halogenated alkanes) is 4. The van der Waals surface area contributed by atoms with Crippen LogP contribution < -0.4 is 5.73 Å². The molecule has 0 saturated heterocycles. The van der Waals surface area contributed by atoms with Crippen LogP contribution in [0.3, 0.4) is 0 Å². The number of carbonyl (C=O) groups excluding carboxylic acids is 2. The fourth-order valence-corrected chi connectivity index (χ4v) is 5.51. The van der Waals surface area contributed by atoms with Crippen molar-refractivity contribution in [2.45, 2.75) is 135 Å². The summed E-state index contributed by atoms with van der Waals surface area (Å²) in [6.45, 7) is 3.16. The maximum atomic E-state index is 12.5. The Morgan fingerprint density at radius 3 is 1.82 bits per heavy atom. The lowest BCUT2D eigenvalue weighted by Crippen LogP contribution is -2.29. The second-order valence-corrected chi connectivity index (χ2v) is 14.6. The van der Waals surface area contributed by atoms with Gasteiger partial charge in [-0.2, -0.15) is 0 Å². The highest BCUT2D eigenvalue weighted by molar-refractivity contribution is 7.47. The Morgan fingerprint density at radius 2 is 1.21 bits per heavy atom. The molecule has 0 spiro atoms. The first-order valence-corrected chi connectivity index (χ1v) is 22.1. The largest absolute Gasteiger partial charge is 0.472 e. The maximum Gasteiger partial charge on any atom is 0.472 e. The molecule has 0 bridgehead atoms. The zero-order chi connectivity index (χ0) is 42.1. The fourth-order valence-electron chi connectivity index (χ4n) is 4.74. The Balaban J connectivity index is 4.57. The van der Waals surface area contributed by atoms with Crippen LogP contribution in [-0.4, -0.2) is 71.7 Å². The van der Waals surface area contributed by atoms with Gasteiger partial charge in [-0.1, -0.05) is 136 Å². The minimum atomic E-state index is -4.46. The Morgan fingerprint density at radius 1 is 0.649 bits per heavy atom. The molecule has 0 aromatic rings. The second kappa shape index (κ2) is 39.4. The molecule has 322 valence electrons. The van der Waals surface area contributed by atoms with E-state index in [1.165, 1.54) is 19.3 Å². The third-order valence-electron chi connectivity index (χ3n) is 7.83. The number of hydrogen-bond acceptors (Lipinski definition) is 10. The molecule has 11 nitrogen and oxygen atoms in total. The van der Waals surface area contributed by atoms with Gasteiger partial charge in [0.1, 0.15) is 6.61 Å². The lowest BCUT2D eigenvalue weighted by molar-refractivity contribution is -0.161. The molecule has 57 heavy (non-hydrogen) atoms. The predicted octanol–water partition coefficient (Wildman–Crippen LogP) is 9.54. The van der Waals surface area contributed by atoms with E-state index >= 15 is 0 Å². The Hall–Kier alpha value is -3.41. The van der Waals surface area contributed by atoms with Gasteiger partial charge in [0, 0.05) is 19.4 Å². The van der Waals surface area contributed by atoms with E-state index in [0.29, 0.717) is 32.1 Å². The summed E-state index contributed by atoms with van der Waals surface area (Å²) in [4.78, 5) is 34.8. The van der Waals surface area contributed by atoms with Crippen LogP contribution in [0.5, 0.6) is 0 Å². The van der Waals surface area contributed by atoms with Crippen LogP contribution in [0.25, 0.3) is 0 Å². The summed E-state index contributed by atoms with van der Waals surface area (Å²) in [7, 11) is -4.46. The third-order valence-corrected chi connectivity index (χ3v) is 8.82. The van der Waals surface area contributed by atoms with E-state index in [1.807, 2.05) is 18.2 Å². The number of esters is 2. The van der Waals surface area contributed by atoms with E-state index < -0.39 is 44.7 Å². The highest BCUT2D eigenvalue weighted by Gasteiger charge is 2.26. The van der Waals surface area contributed by atoms with Gasteiger partial charge in [0.2, 0.25) is 0 Å². The molecule has 4 atom stereocenters. The molecule has 5 N–H and O–H groups in total. The van der Waals surface area contributed by atoms with Gasteiger partial charge < -0.3 is 30.3 Å². The van der Waals surface area contributed by atoms with Crippen molar-refractivity contribution in [2.24, 2.45) is 5.73 Å². The molecule has 1 unspecified atom stereocenters. The van der Waals surface area contributed by atoms with Gasteiger partial charge in [-0.25, -0.2) is 4.57 Å². The van der Waals surface area contributed by atoms with Crippen LogP contribution in [0.2, 0.25) is 0 Å². The number of rotatable bonds is 36. The minimum Gasteiger partial charge on any atom is -0.462 e. The number of hydrogen-bond donors (Lipinski definition) is 4. The summed E-state index contributed by atoms with van der Waals surface area (Å²) in [5, 5.41) is 20.2. The van der Waals surface area contributed by atoms with Gasteiger partial charge in [-0.15, -0.1) is 0 Å². The number of ether oxygens (including phenoxy) is 2. The number of phosphoric acid groups is 1. The number of phosphoric ester groups is 1. The first-order valence-electron chi connectivity index (χ1n) is 20.6. The van der Waals surface area contributed by atoms with Crippen LogP contribution in [0, 0.1) is 0 Å². The van der Waals surface area contributed by atoms with Crippen molar-refractivity contribution in [3.63, 3.8) is 0 Å². The van der Waals surface area contributed by atoms with E-state index in [9.17, 15) is 29.3 Å². The van der Waals surface area contributed by atoms with Crippen molar-refractivity contribution in [1.82, 2.24) is 0 Å². The molecule has 0 heterocycles. The zero-order valence-corrected chi connectivity index (χ0v) is 35.4. The van der Waals surface area contributed by atoms with E-state index in [0.717, 1.165) is 38.5 Å². The summed E-state index contributed by atoms with van der Waals surface area (Å²) < 4.78 is 32.5. The molecule has 12 heteroatoms. The zero-order valence-electron chi connectivity index (χ0n) is 34.5. The quantitative estimate of drug-likeness (QED) is 0.0156. The molecule has 0 aromatic carbocycles. The Kier molecular flexibility index (Phi) is 37.1. The molecular formula is C45H72NO10P. The molecule has 0 aliphatic rings. The van der Waals surface area contributed by atoms with E-state index in [2.05, 4.69) is 68.5 Å². The topological polar surface area (TPSA) is 175 Å². The van der Waals surface area contributed by atoms with Gasteiger partial charge in [-0.05, 0) is 77.0 Å². The van der Waals surface area contributed by atoms with Crippen molar-refractivity contribution in [1.29, 1.82) is 0 Å². The van der Waals surface area contributed by atoms with Gasteiger partial charge in [0.25, 0.3) is 0 Å². The lowest BCUT2D eigenvalue weighted by Gasteiger charge is -2.19. The minimum absolute atomic E-state index is 0.00128. The van der Waals surface area contributed by atoms with Crippen molar-refractivity contribution < 1.29 is 47.8 Å². The second-order valence-electron chi connectivity index (χ2n) is 13.2. The molecule has 0 aliphatic carbocycles. The molecule has 0 radical (unpaired) electrons. The van der Waals surface area contributed by atoms with E-state index in [1.54, 1.807) is 36.5 Å². The van der Waals surface area contributed by atoms with Crippen molar-refractivity contribution >= 4 is 19.8 Å². The van der Waals surface area contributed by atoms with E-state index in [4.69, 9.17) is 24.3 Å². The molecular weight excluding hydrogens is 745 g/mol. The number of aliphatic hydroxyl groups excluding tert-OH is 2. The van der Waals surface area contributed by atoms with Crippen molar-refractivity contribution in [3.05, 3.63) is 109 Å². The van der Waals surface area contributed by atoms with Crippen molar-refractivity contribution in [2.75, 3.05) is 26.4 Å². The van der Waals surface area contributed by atoms with Crippen LogP contribution >= 0.6 is 7.82 Å². The highest BCUT2D eigenvalue weighted by Crippen LogP contribution is 2.43. The predicted molar refractivity (Wildman–Crippen MR) is 231 cm³/mol. The number of nitrogens with two attached hydrogens (primary N) is 1. The maximum absolute atomic E-state index is 12.5. The molecule has 0 fully saturated rings. The monoisotopic (exact) mass is 817 g/mol. The molecule has 0 aromatic heterocycles. The smallest absolute Gasteiger partial charge is 0.462 e. The standard InChI is InChI=1S/C45H72NO10P/c1-3-5-7-9-11-12-13-14-15-16-17-18-19-20-21-23-29-35-45(50)56-43(40-55-57(51,52)54-38-37-46)39-53-44(49)36-30-34-42(48)33-28-25-24-27-32-41(47)31-26-22-10-8-6-4-2/h5,7,11-12,14-15,17-18,20-22,24-28,32-33,41-43,47-48H,3-4,6,8-10,13,16,19,23,29-31,34-40,46H2,1-2H3,(H,51,52)/b7-5-,12-11-,15-14-,18-17-,21-20-,25-24+,26-22-,32-27+,33-28-/t41-,42-,43-/m1/s1. The fraction of sp³-hybridized carbons (Fsp3) is 0.556. The molecule has 0 aliphatic heterocycles. The molecule has 0 rings (SSSR count). The number of aliphatic hydroxyl groups is 2. The van der Waals surface area contributed by atoms with Gasteiger partial charge >= 0.3 is 19.8 Å². The summed E-state index contributed by atoms with van der Waals surface area (Å²) in [6.07, 6.45) is 44.7. The first-order chi connectivity index (χ1) is 27.6. The van der Waals surface area contributed by atoms with Crippen molar-refractivity contribution in [3.8, 4) is 0 Å². The van der Waals surface area contributed by atoms with Crippen LogP contribution in [0.4, 0.5) is 0 Å². The lowest BCUT2D eigenvalue weighted by atomic mass is 10.1. The normalized spacial score (nSPS) is 15.5. The summed E-state index contributed by atoms with van der Waals surface area (Å²) in [5.74, 6) is -1.15. The third kappa shape index (κ3) is 39.2. The average molecular weight is 818 g/mol. The Labute approximate surface area is 343 Å². The van der Waals surface area contributed by atoms with Gasteiger partial charge in [0.05, 0.1) is 25.4 Å².